The predicted molar refractivity (Wildman–Crippen MR) is 84.6 cm³/mol. The summed E-state index contributed by atoms with van der Waals surface area (Å²) >= 11 is 1.57. The molecule has 0 radical (unpaired) electrons. The van der Waals surface area contributed by atoms with Gasteiger partial charge in [-0.1, -0.05) is 12.1 Å². The number of thiophene rings is 1. The maximum atomic E-state index is 11.1. The molecule has 0 spiro atoms. The molecule has 0 saturated carbocycles. The third kappa shape index (κ3) is 4.35. The van der Waals surface area contributed by atoms with Crippen LogP contribution in [0.15, 0.2) is 36.4 Å². The zero-order valence-electron chi connectivity index (χ0n) is 11.9. The summed E-state index contributed by atoms with van der Waals surface area (Å²) in [6.45, 7) is 4.94. The Morgan fingerprint density at radius 3 is 2.86 bits per heavy atom. The monoisotopic (exact) mass is 306 g/mol. The van der Waals surface area contributed by atoms with E-state index in [9.17, 15) is 10.1 Å². The van der Waals surface area contributed by atoms with Crippen LogP contribution in [0.25, 0.3) is 10.4 Å². The fraction of sp³-hybridized carbons (Fsp3) is 0.333. The first-order valence-electron chi connectivity index (χ1n) is 6.83. The van der Waals surface area contributed by atoms with E-state index in [0.29, 0.717) is 12.2 Å². The largest absolute Gasteiger partial charge is 0.380 e. The number of hydrogen-bond acceptors (Lipinski definition) is 5. The highest BCUT2D eigenvalue weighted by Gasteiger charge is 2.15. The van der Waals surface area contributed by atoms with Gasteiger partial charge < -0.3 is 10.1 Å². The smallest absolute Gasteiger partial charge is 0.278 e. The van der Waals surface area contributed by atoms with Crippen LogP contribution in [-0.2, 0) is 11.3 Å². The van der Waals surface area contributed by atoms with Gasteiger partial charge in [-0.15, -0.1) is 11.3 Å². The lowest BCUT2D eigenvalue weighted by Crippen LogP contribution is -2.18. The molecule has 0 amide bonds. The van der Waals surface area contributed by atoms with Gasteiger partial charge in [-0.25, -0.2) is 0 Å². The molecular weight excluding hydrogens is 288 g/mol. The average Bonchev–Trinajstić information content (AvgIpc) is 2.96. The minimum atomic E-state index is -0.338. The second kappa shape index (κ2) is 7.87. The van der Waals surface area contributed by atoms with E-state index >= 15 is 0 Å². The first kappa shape index (κ1) is 15.6. The molecule has 112 valence electrons. The number of para-hydroxylation sites is 1. The Labute approximate surface area is 127 Å². The first-order valence-corrected chi connectivity index (χ1v) is 7.65. The molecule has 21 heavy (non-hydrogen) atoms. The Bertz CT molecular complexity index is 598. The van der Waals surface area contributed by atoms with Crippen molar-refractivity contribution in [2.24, 2.45) is 0 Å². The van der Waals surface area contributed by atoms with E-state index in [0.717, 1.165) is 29.5 Å². The third-order valence-corrected chi connectivity index (χ3v) is 4.07. The highest BCUT2D eigenvalue weighted by Crippen LogP contribution is 2.34. The molecule has 0 atom stereocenters. The average molecular weight is 306 g/mol. The van der Waals surface area contributed by atoms with E-state index in [-0.39, 0.29) is 10.6 Å². The van der Waals surface area contributed by atoms with Crippen molar-refractivity contribution >= 4 is 17.0 Å². The van der Waals surface area contributed by atoms with E-state index < -0.39 is 0 Å². The van der Waals surface area contributed by atoms with Crippen molar-refractivity contribution in [3.8, 4) is 10.4 Å². The molecule has 1 heterocycles. The molecule has 5 nitrogen and oxygen atoms in total. The highest BCUT2D eigenvalue weighted by atomic mass is 32.1. The summed E-state index contributed by atoms with van der Waals surface area (Å²) in [6.07, 6.45) is 0. The molecule has 1 aromatic carbocycles. The van der Waals surface area contributed by atoms with Crippen LogP contribution in [0, 0.1) is 10.1 Å². The number of nitrogens with one attached hydrogen (secondary N) is 1. The van der Waals surface area contributed by atoms with Gasteiger partial charge in [0, 0.05) is 35.5 Å². The van der Waals surface area contributed by atoms with Crippen molar-refractivity contribution in [2.45, 2.75) is 13.5 Å². The number of nitro groups is 1. The number of rotatable bonds is 8. The van der Waals surface area contributed by atoms with E-state index in [1.165, 1.54) is 6.07 Å². The molecule has 0 bridgehead atoms. The number of nitro benzene ring substituents is 1. The molecule has 2 rings (SSSR count). The van der Waals surface area contributed by atoms with Crippen molar-refractivity contribution in [1.29, 1.82) is 0 Å². The minimum absolute atomic E-state index is 0.148. The Morgan fingerprint density at radius 2 is 2.10 bits per heavy atom. The number of ether oxygens (including phenoxy) is 1. The van der Waals surface area contributed by atoms with Crippen LogP contribution in [0.3, 0.4) is 0 Å². The summed E-state index contributed by atoms with van der Waals surface area (Å²) < 4.78 is 5.25. The van der Waals surface area contributed by atoms with Crippen LogP contribution >= 0.6 is 11.3 Å². The second-order valence-corrected chi connectivity index (χ2v) is 5.58. The fourth-order valence-electron chi connectivity index (χ4n) is 1.96. The lowest BCUT2D eigenvalue weighted by Gasteiger charge is -2.03. The van der Waals surface area contributed by atoms with E-state index in [1.54, 1.807) is 23.5 Å². The Balaban J connectivity index is 2.01. The van der Waals surface area contributed by atoms with Crippen LogP contribution in [0.5, 0.6) is 0 Å². The molecule has 0 unspecified atom stereocenters. The number of benzene rings is 1. The van der Waals surface area contributed by atoms with Gasteiger partial charge in [0.05, 0.1) is 17.1 Å². The van der Waals surface area contributed by atoms with Gasteiger partial charge in [0.15, 0.2) is 0 Å². The van der Waals surface area contributed by atoms with Gasteiger partial charge in [-0.05, 0) is 25.1 Å². The van der Waals surface area contributed by atoms with Gasteiger partial charge in [0.1, 0.15) is 0 Å². The van der Waals surface area contributed by atoms with Gasteiger partial charge >= 0.3 is 0 Å². The molecule has 0 aliphatic carbocycles. The van der Waals surface area contributed by atoms with Crippen molar-refractivity contribution in [3.05, 3.63) is 51.4 Å². The molecular formula is C15H18N2O3S. The maximum Gasteiger partial charge on any atom is 0.278 e. The molecule has 1 aromatic heterocycles. The lowest BCUT2D eigenvalue weighted by atomic mass is 10.1. The van der Waals surface area contributed by atoms with E-state index in [1.807, 2.05) is 25.1 Å². The topological polar surface area (TPSA) is 64.4 Å². The Morgan fingerprint density at radius 1 is 1.29 bits per heavy atom. The zero-order chi connectivity index (χ0) is 15.1. The van der Waals surface area contributed by atoms with Crippen LogP contribution in [-0.4, -0.2) is 24.7 Å². The SMILES string of the molecule is CCOCCNCc1ccc(-c2ccccc2[N+](=O)[O-])s1. The quantitative estimate of drug-likeness (QED) is 0.461. The minimum Gasteiger partial charge on any atom is -0.380 e. The summed E-state index contributed by atoms with van der Waals surface area (Å²) in [6, 6.07) is 10.8. The first-order chi connectivity index (χ1) is 10.2. The molecule has 0 aliphatic heterocycles. The summed E-state index contributed by atoms with van der Waals surface area (Å²) in [5.41, 5.74) is 0.822. The molecule has 2 aromatic rings. The van der Waals surface area contributed by atoms with Gasteiger partial charge in [0.2, 0.25) is 0 Å². The van der Waals surface area contributed by atoms with Crippen molar-refractivity contribution in [3.63, 3.8) is 0 Å². The van der Waals surface area contributed by atoms with E-state index in [2.05, 4.69) is 5.32 Å². The molecule has 0 saturated heterocycles. The zero-order valence-corrected chi connectivity index (χ0v) is 12.7. The van der Waals surface area contributed by atoms with Crippen molar-refractivity contribution in [1.82, 2.24) is 5.32 Å². The van der Waals surface area contributed by atoms with Gasteiger partial charge in [-0.3, -0.25) is 10.1 Å². The summed E-state index contributed by atoms with van der Waals surface area (Å²) in [7, 11) is 0. The summed E-state index contributed by atoms with van der Waals surface area (Å²) in [4.78, 5) is 12.8. The third-order valence-electron chi connectivity index (χ3n) is 2.95. The Kier molecular flexibility index (Phi) is 5.86. The number of hydrogen-bond donors (Lipinski definition) is 1. The van der Waals surface area contributed by atoms with Crippen LogP contribution in [0.4, 0.5) is 5.69 Å². The molecule has 6 heteroatoms. The predicted octanol–water partition coefficient (Wildman–Crippen LogP) is 3.45. The standard InChI is InChI=1S/C15H18N2O3S/c1-2-20-10-9-16-11-12-7-8-15(21-12)13-5-3-4-6-14(13)17(18)19/h3-8,16H,2,9-11H2,1H3. The summed E-state index contributed by atoms with van der Waals surface area (Å²) in [5.74, 6) is 0. The van der Waals surface area contributed by atoms with Crippen molar-refractivity contribution in [2.75, 3.05) is 19.8 Å². The van der Waals surface area contributed by atoms with E-state index in [4.69, 9.17) is 4.74 Å². The van der Waals surface area contributed by atoms with Crippen LogP contribution in [0.1, 0.15) is 11.8 Å². The normalized spacial score (nSPS) is 10.7. The fourth-order valence-corrected chi connectivity index (χ4v) is 2.97. The number of nitrogens with zero attached hydrogens (tertiary/aromatic N) is 1. The van der Waals surface area contributed by atoms with Gasteiger partial charge in [0.25, 0.3) is 5.69 Å². The molecule has 1 N–H and O–H groups in total. The summed E-state index contributed by atoms with van der Waals surface area (Å²) in [5, 5.41) is 14.3. The van der Waals surface area contributed by atoms with Crippen molar-refractivity contribution < 1.29 is 9.66 Å². The Hall–Kier alpha value is -1.76. The van der Waals surface area contributed by atoms with Gasteiger partial charge in [-0.2, -0.15) is 0 Å². The van der Waals surface area contributed by atoms with Crippen LogP contribution in [0.2, 0.25) is 0 Å². The second-order valence-electron chi connectivity index (χ2n) is 4.41. The molecule has 0 aliphatic rings. The highest BCUT2D eigenvalue weighted by molar-refractivity contribution is 7.15. The van der Waals surface area contributed by atoms with Crippen LogP contribution < -0.4 is 5.32 Å². The molecule has 0 fully saturated rings. The lowest BCUT2D eigenvalue weighted by molar-refractivity contribution is -0.384. The maximum absolute atomic E-state index is 11.1.